The molecule has 0 unspecified atom stereocenters. The van der Waals surface area contributed by atoms with Gasteiger partial charge in [0.25, 0.3) is 0 Å². The quantitative estimate of drug-likeness (QED) is 0.789. The Labute approximate surface area is 101 Å². The topological polar surface area (TPSA) is 51.6 Å². The average Bonchev–Trinajstić information content (AvgIpc) is 2.60. The highest BCUT2D eigenvalue weighted by molar-refractivity contribution is 6.01. The summed E-state index contributed by atoms with van der Waals surface area (Å²) in [6.45, 7) is 1.63. The van der Waals surface area contributed by atoms with Gasteiger partial charge in [0.05, 0.1) is 12.1 Å². The highest BCUT2D eigenvalue weighted by atomic mass is 16.3. The van der Waals surface area contributed by atoms with Gasteiger partial charge in [0, 0.05) is 23.7 Å². The molecule has 0 aliphatic rings. The number of benzene rings is 1. The van der Waals surface area contributed by atoms with E-state index in [-0.39, 0.29) is 5.88 Å². The zero-order valence-corrected chi connectivity index (χ0v) is 10.1. The highest BCUT2D eigenvalue weighted by Crippen LogP contribution is 2.24. The summed E-state index contributed by atoms with van der Waals surface area (Å²) in [6.07, 6.45) is 1.73. The van der Waals surface area contributed by atoms with E-state index in [4.69, 9.17) is 0 Å². The summed E-state index contributed by atoms with van der Waals surface area (Å²) >= 11 is 0. The van der Waals surface area contributed by atoms with Crippen molar-refractivity contribution in [3.05, 3.63) is 29.8 Å². The zero-order chi connectivity index (χ0) is 12.3. The number of aromatic amines is 1. The van der Waals surface area contributed by atoms with E-state index in [1.807, 2.05) is 38.4 Å². The minimum atomic E-state index is 0.180. The first-order valence-electron chi connectivity index (χ1n) is 5.62. The fraction of sp³-hybridized carbons (Fsp3) is 0.308. The summed E-state index contributed by atoms with van der Waals surface area (Å²) in [4.78, 5) is 9.32. The van der Waals surface area contributed by atoms with E-state index in [1.165, 1.54) is 0 Å². The van der Waals surface area contributed by atoms with Crippen LogP contribution in [0.25, 0.3) is 10.9 Å². The third-order valence-electron chi connectivity index (χ3n) is 2.62. The molecule has 4 nitrogen and oxygen atoms in total. The fourth-order valence-corrected chi connectivity index (χ4v) is 1.69. The molecule has 90 valence electrons. The standard InChI is InChI=1S/C13H17N3O/c1-16(2)8-7-14-9-11-10-5-3-4-6-12(10)15-13(11)17/h3-6,9,15,17H,7-8H2,1-2H3. The van der Waals surface area contributed by atoms with Gasteiger partial charge in [-0.2, -0.15) is 0 Å². The van der Waals surface area contributed by atoms with Crippen LogP contribution < -0.4 is 0 Å². The van der Waals surface area contributed by atoms with Gasteiger partial charge in [0.2, 0.25) is 0 Å². The lowest BCUT2D eigenvalue weighted by Crippen LogP contribution is -2.15. The van der Waals surface area contributed by atoms with Gasteiger partial charge in [-0.25, -0.2) is 0 Å². The molecule has 0 saturated carbocycles. The number of nitrogens with zero attached hydrogens (tertiary/aromatic N) is 2. The number of hydrogen-bond donors (Lipinski definition) is 2. The van der Waals surface area contributed by atoms with Crippen LogP contribution in [0.5, 0.6) is 5.88 Å². The number of nitrogens with one attached hydrogen (secondary N) is 1. The van der Waals surface area contributed by atoms with Crippen LogP contribution in [-0.2, 0) is 0 Å². The molecule has 4 heteroatoms. The van der Waals surface area contributed by atoms with Crippen LogP contribution in [-0.4, -0.2) is 48.4 Å². The number of fused-ring (bicyclic) bond motifs is 1. The molecule has 0 saturated heterocycles. The molecular formula is C13H17N3O. The zero-order valence-electron chi connectivity index (χ0n) is 10.1. The van der Waals surface area contributed by atoms with Crippen molar-refractivity contribution in [2.75, 3.05) is 27.2 Å². The molecule has 0 amide bonds. The number of para-hydroxylation sites is 1. The summed E-state index contributed by atoms with van der Waals surface area (Å²) in [5, 5.41) is 10.8. The van der Waals surface area contributed by atoms with Crippen molar-refractivity contribution in [2.24, 2.45) is 4.99 Å². The second-order valence-corrected chi connectivity index (χ2v) is 4.27. The Kier molecular flexibility index (Phi) is 3.44. The maximum Gasteiger partial charge on any atom is 0.198 e. The minimum absolute atomic E-state index is 0.180. The van der Waals surface area contributed by atoms with E-state index in [9.17, 15) is 5.11 Å². The second-order valence-electron chi connectivity index (χ2n) is 4.27. The first-order chi connectivity index (χ1) is 8.18. The summed E-state index contributed by atoms with van der Waals surface area (Å²) in [7, 11) is 4.03. The van der Waals surface area contributed by atoms with Gasteiger partial charge in [-0.15, -0.1) is 0 Å². The molecular weight excluding hydrogens is 214 g/mol. The van der Waals surface area contributed by atoms with E-state index < -0.39 is 0 Å². The van der Waals surface area contributed by atoms with Crippen molar-refractivity contribution in [2.45, 2.75) is 0 Å². The van der Waals surface area contributed by atoms with Crippen LogP contribution in [0.3, 0.4) is 0 Å². The maximum absolute atomic E-state index is 9.79. The van der Waals surface area contributed by atoms with Crippen LogP contribution in [0.2, 0.25) is 0 Å². The number of rotatable bonds is 4. The molecule has 2 N–H and O–H groups in total. The SMILES string of the molecule is CN(C)CCN=Cc1c(O)[nH]c2ccccc12. The molecule has 0 fully saturated rings. The van der Waals surface area contributed by atoms with E-state index in [2.05, 4.69) is 14.9 Å². The lowest BCUT2D eigenvalue weighted by Gasteiger charge is -2.05. The Bertz CT molecular complexity index is 528. The van der Waals surface area contributed by atoms with Crippen LogP contribution in [0.1, 0.15) is 5.56 Å². The van der Waals surface area contributed by atoms with Crippen molar-refractivity contribution in [3.8, 4) is 5.88 Å². The lowest BCUT2D eigenvalue weighted by atomic mass is 10.2. The second kappa shape index (κ2) is 5.01. The maximum atomic E-state index is 9.79. The van der Waals surface area contributed by atoms with Gasteiger partial charge in [-0.1, -0.05) is 18.2 Å². The van der Waals surface area contributed by atoms with Gasteiger partial charge in [0.1, 0.15) is 0 Å². The Morgan fingerprint density at radius 3 is 2.88 bits per heavy atom. The molecule has 0 bridgehead atoms. The molecule has 1 aromatic heterocycles. The van der Waals surface area contributed by atoms with Crippen LogP contribution in [0, 0.1) is 0 Å². The largest absolute Gasteiger partial charge is 0.494 e. The molecule has 17 heavy (non-hydrogen) atoms. The number of hydrogen-bond acceptors (Lipinski definition) is 3. The number of aromatic nitrogens is 1. The van der Waals surface area contributed by atoms with E-state index in [0.717, 1.165) is 29.6 Å². The summed E-state index contributed by atoms with van der Waals surface area (Å²) < 4.78 is 0. The van der Waals surface area contributed by atoms with Crippen LogP contribution in [0.4, 0.5) is 0 Å². The molecule has 0 aliphatic heterocycles. The number of aliphatic imine (C=N–C) groups is 1. The molecule has 2 rings (SSSR count). The third kappa shape index (κ3) is 2.65. The van der Waals surface area contributed by atoms with Gasteiger partial charge in [0.15, 0.2) is 5.88 Å². The number of H-pyrrole nitrogens is 1. The number of aromatic hydroxyl groups is 1. The molecule has 0 spiro atoms. The average molecular weight is 231 g/mol. The minimum Gasteiger partial charge on any atom is -0.494 e. The molecule has 0 radical (unpaired) electrons. The normalized spacial score (nSPS) is 11.9. The smallest absolute Gasteiger partial charge is 0.198 e. The van der Waals surface area contributed by atoms with Crippen molar-refractivity contribution in [1.29, 1.82) is 0 Å². The van der Waals surface area contributed by atoms with E-state index >= 15 is 0 Å². The first kappa shape index (κ1) is 11.7. The van der Waals surface area contributed by atoms with Crippen molar-refractivity contribution in [1.82, 2.24) is 9.88 Å². The summed E-state index contributed by atoms with van der Waals surface area (Å²) in [5.41, 5.74) is 1.69. The Hall–Kier alpha value is -1.81. The first-order valence-corrected chi connectivity index (χ1v) is 5.62. The lowest BCUT2D eigenvalue weighted by molar-refractivity contribution is 0.421. The Morgan fingerprint density at radius 1 is 1.35 bits per heavy atom. The molecule has 1 heterocycles. The highest BCUT2D eigenvalue weighted by Gasteiger charge is 2.07. The van der Waals surface area contributed by atoms with Crippen molar-refractivity contribution in [3.63, 3.8) is 0 Å². The fourth-order valence-electron chi connectivity index (χ4n) is 1.69. The van der Waals surface area contributed by atoms with Crippen LogP contribution >= 0.6 is 0 Å². The van der Waals surface area contributed by atoms with E-state index in [1.54, 1.807) is 6.21 Å². The van der Waals surface area contributed by atoms with Gasteiger partial charge < -0.3 is 15.0 Å². The molecule has 2 aromatic rings. The van der Waals surface area contributed by atoms with Gasteiger partial charge in [-0.3, -0.25) is 4.99 Å². The Balaban J connectivity index is 2.20. The predicted octanol–water partition coefficient (Wildman–Crippen LogP) is 1.85. The molecule has 0 atom stereocenters. The van der Waals surface area contributed by atoms with Gasteiger partial charge >= 0.3 is 0 Å². The summed E-state index contributed by atoms with van der Waals surface area (Å²) in [5.74, 6) is 0.180. The Morgan fingerprint density at radius 2 is 2.12 bits per heavy atom. The monoisotopic (exact) mass is 231 g/mol. The van der Waals surface area contributed by atoms with E-state index in [0.29, 0.717) is 0 Å². The third-order valence-corrected chi connectivity index (χ3v) is 2.62. The van der Waals surface area contributed by atoms with Crippen molar-refractivity contribution >= 4 is 17.1 Å². The number of likely N-dealkylation sites (N-methyl/N-ethyl adjacent to an activating group) is 1. The van der Waals surface area contributed by atoms with Crippen LogP contribution in [0.15, 0.2) is 29.3 Å². The summed E-state index contributed by atoms with van der Waals surface area (Å²) in [6, 6.07) is 7.79. The predicted molar refractivity (Wildman–Crippen MR) is 71.0 cm³/mol. The molecule has 0 aliphatic carbocycles. The van der Waals surface area contributed by atoms with Crippen molar-refractivity contribution < 1.29 is 5.11 Å². The molecule has 1 aromatic carbocycles. The van der Waals surface area contributed by atoms with Gasteiger partial charge in [-0.05, 0) is 20.2 Å².